The number of carbonyl (C=O) groups is 5. The van der Waals surface area contributed by atoms with Crippen LogP contribution in [0.3, 0.4) is 0 Å². The summed E-state index contributed by atoms with van der Waals surface area (Å²) in [6, 6.07) is -1.59. The lowest BCUT2D eigenvalue weighted by atomic mass is 9.87. The fourth-order valence-corrected chi connectivity index (χ4v) is 4.44. The van der Waals surface area contributed by atoms with Gasteiger partial charge in [-0.3, -0.25) is 19.2 Å². The number of ether oxygens (including phenoxy) is 6. The number of nitrogens with zero attached hydrogens (tertiary/aromatic N) is 3. The van der Waals surface area contributed by atoms with E-state index in [2.05, 4.69) is 15.3 Å². The van der Waals surface area contributed by atoms with Gasteiger partial charge in [-0.05, 0) is 5.53 Å². The molecule has 1 heterocycles. The van der Waals surface area contributed by atoms with Crippen molar-refractivity contribution in [1.82, 2.24) is 5.32 Å². The first-order valence-electron chi connectivity index (χ1n) is 12.7. The smallest absolute Gasteiger partial charge is 0.366 e. The largest absolute Gasteiger partial charge is 0.465 e. The van der Waals surface area contributed by atoms with Gasteiger partial charge in [-0.15, -0.1) is 0 Å². The molecule has 248 valence electrons. The first kappa shape index (κ1) is 36.6. The molecule has 0 aromatic heterocycles. The van der Waals surface area contributed by atoms with Crippen LogP contribution < -0.4 is 5.32 Å². The van der Waals surface area contributed by atoms with Crippen LogP contribution in [0.1, 0.15) is 39.7 Å². The van der Waals surface area contributed by atoms with E-state index in [1.165, 1.54) is 0 Å². The summed E-state index contributed by atoms with van der Waals surface area (Å²) >= 11 is 0. The Morgan fingerprint density at radius 1 is 0.956 bits per heavy atom. The summed E-state index contributed by atoms with van der Waals surface area (Å²) < 4.78 is 102. The Hall–Kier alpha value is -4.55. The van der Waals surface area contributed by atoms with Crippen LogP contribution in [0.25, 0.3) is 10.4 Å². The molecule has 2 rings (SSSR count). The summed E-state index contributed by atoms with van der Waals surface area (Å²) in [5, 5.41) is 5.65. The lowest BCUT2D eigenvalue weighted by molar-refractivity contribution is -0.317. The average molecular weight is 654 g/mol. The second-order valence-electron chi connectivity index (χ2n) is 9.38. The zero-order valence-corrected chi connectivity index (χ0v) is 24.2. The minimum atomic E-state index is -2.95. The molecule has 45 heavy (non-hydrogen) atoms. The molecule has 0 aliphatic carbocycles. The van der Waals surface area contributed by atoms with Crippen molar-refractivity contribution in [3.05, 3.63) is 45.1 Å². The number of benzene rings is 1. The fourth-order valence-electron chi connectivity index (χ4n) is 4.44. The van der Waals surface area contributed by atoms with Gasteiger partial charge in [0.25, 0.3) is 5.79 Å². The molecule has 1 aliphatic rings. The maximum absolute atomic E-state index is 14.5. The van der Waals surface area contributed by atoms with Crippen LogP contribution in [0.2, 0.25) is 0 Å². The average Bonchev–Trinajstić information content (AvgIpc) is 2.95. The van der Waals surface area contributed by atoms with Gasteiger partial charge in [0, 0.05) is 32.6 Å². The third kappa shape index (κ3) is 8.77. The molecule has 1 fully saturated rings. The van der Waals surface area contributed by atoms with E-state index in [4.69, 9.17) is 34.0 Å². The second kappa shape index (κ2) is 15.4. The molecule has 1 aliphatic heterocycles. The summed E-state index contributed by atoms with van der Waals surface area (Å²) in [7, 11) is 0.789. The normalized spacial score (nSPS) is 22.2. The number of carbonyl (C=O) groups excluding carboxylic acids is 5. The number of methoxy groups -OCH3 is 1. The van der Waals surface area contributed by atoms with Crippen molar-refractivity contribution in [2.45, 2.75) is 77.0 Å². The van der Waals surface area contributed by atoms with Crippen molar-refractivity contribution >= 4 is 29.8 Å². The molecule has 0 saturated carbocycles. The standard InChI is InChI=1S/C25H27F5N4O11/c1-9(35)33-21-14(42-10(2)36)6-25(24(39)40-5,41-8-13-16(26)18(28)20(30)19(29)17(13)27)45-23(21)22(44-12(4)38)15(7-32-34-31)43-11(3)37/h14-15,21-23H,6-8H2,1-5H3,(H,33,35)/t14-,15+,21+,22+,23+,25-/m0/s1. The van der Waals surface area contributed by atoms with Gasteiger partial charge < -0.3 is 33.7 Å². The number of nitrogens with one attached hydrogen (secondary N) is 1. The van der Waals surface area contributed by atoms with Crippen molar-refractivity contribution < 1.29 is 74.3 Å². The quantitative estimate of drug-likeness (QED) is 0.0506. The minimum Gasteiger partial charge on any atom is -0.465 e. The van der Waals surface area contributed by atoms with Crippen molar-refractivity contribution in [2.75, 3.05) is 13.7 Å². The van der Waals surface area contributed by atoms with E-state index in [0.29, 0.717) is 0 Å². The topological polar surface area (TPSA) is 202 Å². The maximum Gasteiger partial charge on any atom is 0.366 e. The lowest BCUT2D eigenvalue weighted by Crippen LogP contribution is -2.69. The van der Waals surface area contributed by atoms with Crippen molar-refractivity contribution in [1.29, 1.82) is 0 Å². The second-order valence-corrected chi connectivity index (χ2v) is 9.38. The van der Waals surface area contributed by atoms with Gasteiger partial charge in [-0.2, -0.15) is 0 Å². The first-order chi connectivity index (χ1) is 21.0. The van der Waals surface area contributed by atoms with Gasteiger partial charge in [-0.1, -0.05) is 5.11 Å². The molecule has 1 amide bonds. The summed E-state index contributed by atoms with van der Waals surface area (Å²) in [6.45, 7) is 1.45. The van der Waals surface area contributed by atoms with Crippen molar-refractivity contribution in [3.63, 3.8) is 0 Å². The van der Waals surface area contributed by atoms with Crippen molar-refractivity contribution in [2.24, 2.45) is 5.11 Å². The third-order valence-electron chi connectivity index (χ3n) is 6.12. The molecular formula is C25H27F5N4O11. The van der Waals surface area contributed by atoms with Gasteiger partial charge in [0.2, 0.25) is 11.7 Å². The zero-order chi connectivity index (χ0) is 34.2. The van der Waals surface area contributed by atoms with E-state index in [9.17, 15) is 45.9 Å². The van der Waals surface area contributed by atoms with E-state index in [1.807, 2.05) is 0 Å². The number of amides is 1. The number of hydrogen-bond donors (Lipinski definition) is 1. The van der Waals surface area contributed by atoms with Crippen LogP contribution in [0.5, 0.6) is 0 Å². The highest BCUT2D eigenvalue weighted by atomic mass is 19.2. The van der Waals surface area contributed by atoms with E-state index in [1.54, 1.807) is 0 Å². The Morgan fingerprint density at radius 2 is 1.51 bits per heavy atom. The molecule has 1 aromatic rings. The molecule has 1 aromatic carbocycles. The van der Waals surface area contributed by atoms with Crippen LogP contribution in [-0.2, 0) is 59.0 Å². The highest BCUT2D eigenvalue weighted by Crippen LogP contribution is 2.38. The van der Waals surface area contributed by atoms with Crippen LogP contribution in [-0.4, -0.2) is 79.7 Å². The number of hydrogen-bond acceptors (Lipinski definition) is 12. The van der Waals surface area contributed by atoms with Crippen LogP contribution >= 0.6 is 0 Å². The Labute approximate surface area is 250 Å². The molecule has 0 unspecified atom stereocenters. The number of halogens is 5. The van der Waals surface area contributed by atoms with Crippen LogP contribution in [0, 0.1) is 29.1 Å². The fraction of sp³-hybridized carbons (Fsp3) is 0.560. The van der Waals surface area contributed by atoms with Gasteiger partial charge in [-0.25, -0.2) is 26.7 Å². The van der Waals surface area contributed by atoms with Gasteiger partial charge in [0.1, 0.15) is 18.3 Å². The molecule has 1 saturated heterocycles. The third-order valence-corrected chi connectivity index (χ3v) is 6.12. The highest BCUT2D eigenvalue weighted by molar-refractivity contribution is 5.79. The molecule has 20 heteroatoms. The summed E-state index contributed by atoms with van der Waals surface area (Å²) in [5.41, 5.74) is 7.31. The number of esters is 4. The van der Waals surface area contributed by atoms with Crippen LogP contribution in [0.4, 0.5) is 22.0 Å². The van der Waals surface area contributed by atoms with Gasteiger partial charge >= 0.3 is 23.9 Å². The summed E-state index contributed by atoms with van der Waals surface area (Å²) in [4.78, 5) is 64.1. The molecular weight excluding hydrogens is 627 g/mol. The van der Waals surface area contributed by atoms with Gasteiger partial charge in [0.05, 0.1) is 38.3 Å². The Kier molecular flexibility index (Phi) is 12.6. The van der Waals surface area contributed by atoms with E-state index in [-0.39, 0.29) is 0 Å². The predicted molar refractivity (Wildman–Crippen MR) is 134 cm³/mol. The van der Waals surface area contributed by atoms with Gasteiger partial charge in [0.15, 0.2) is 29.4 Å². The van der Waals surface area contributed by atoms with E-state index in [0.717, 1.165) is 34.8 Å². The first-order valence-corrected chi connectivity index (χ1v) is 12.7. The summed E-state index contributed by atoms with van der Waals surface area (Å²) in [5.74, 6) is -20.1. The summed E-state index contributed by atoms with van der Waals surface area (Å²) in [6.07, 6.45) is -8.25. The minimum absolute atomic E-state index is 0.741. The molecule has 0 spiro atoms. The van der Waals surface area contributed by atoms with E-state index < -0.39 is 120 Å². The van der Waals surface area contributed by atoms with E-state index >= 15 is 0 Å². The Morgan fingerprint density at radius 3 is 1.98 bits per heavy atom. The number of azide groups is 1. The zero-order valence-electron chi connectivity index (χ0n) is 24.2. The maximum atomic E-state index is 14.5. The SMILES string of the molecule is COC(=O)[C@]1(OCc2c(F)c(F)c(F)c(F)c2F)C[C@H](OC(C)=O)[C@@H](NC(C)=O)[C@H]([C@H](OC(C)=O)[C@@H](CN=[N+]=[N-])OC(C)=O)O1. The Balaban J connectivity index is 2.82. The Bertz CT molecular complexity index is 1360. The monoisotopic (exact) mass is 654 g/mol. The molecule has 1 N–H and O–H groups in total. The predicted octanol–water partition coefficient (Wildman–Crippen LogP) is 2.17. The molecule has 0 bridgehead atoms. The van der Waals surface area contributed by atoms with Crippen molar-refractivity contribution in [3.8, 4) is 0 Å². The van der Waals surface area contributed by atoms with Crippen LogP contribution in [0.15, 0.2) is 5.11 Å². The molecule has 6 atom stereocenters. The highest BCUT2D eigenvalue weighted by Gasteiger charge is 2.59. The lowest BCUT2D eigenvalue weighted by Gasteiger charge is -2.48. The molecule has 0 radical (unpaired) electrons. The molecule has 15 nitrogen and oxygen atoms in total. The number of rotatable bonds is 12.